The lowest BCUT2D eigenvalue weighted by Gasteiger charge is -2.10. The van der Waals surface area contributed by atoms with Crippen LogP contribution in [0, 0.1) is 0 Å². The van der Waals surface area contributed by atoms with E-state index in [9.17, 15) is 0 Å². The number of hydrogen-bond donors (Lipinski definition) is 2. The molecule has 0 aliphatic heterocycles. The average molecular weight is 275 g/mol. The minimum atomic E-state index is 0.657. The van der Waals surface area contributed by atoms with Crippen molar-refractivity contribution in [3.63, 3.8) is 0 Å². The Morgan fingerprint density at radius 1 is 1.25 bits per heavy atom. The number of ether oxygens (including phenoxy) is 1. The molecule has 0 amide bonds. The summed E-state index contributed by atoms with van der Waals surface area (Å²) in [6.07, 6.45) is 0.819. The van der Waals surface area contributed by atoms with Gasteiger partial charge in [-0.1, -0.05) is 18.2 Å². The molecule has 0 aliphatic carbocycles. The molecule has 0 radical (unpaired) electrons. The molecular formula is C15H21N3O2. The summed E-state index contributed by atoms with van der Waals surface area (Å²) in [5.41, 5.74) is 0.935. The third-order valence-corrected chi connectivity index (χ3v) is 2.96. The first-order valence-corrected chi connectivity index (χ1v) is 6.74. The van der Waals surface area contributed by atoms with E-state index >= 15 is 0 Å². The van der Waals surface area contributed by atoms with Crippen LogP contribution in [0.2, 0.25) is 0 Å². The highest BCUT2D eigenvalue weighted by atomic mass is 16.5. The average Bonchev–Trinajstić information content (AvgIpc) is 2.88. The summed E-state index contributed by atoms with van der Waals surface area (Å²) in [6, 6.07) is 10.1. The Bertz CT molecular complexity index is 530. The van der Waals surface area contributed by atoms with E-state index in [0.29, 0.717) is 6.61 Å². The highest BCUT2D eigenvalue weighted by Gasteiger charge is 2.03. The standard InChI is InChI=1S/C15H21N3O2/c1-16-15(18-9-10-19-2)17-8-7-13-11-12-5-3-4-6-14(12)20-13/h3-6,11H,7-10H2,1-2H3,(H2,16,17,18). The van der Waals surface area contributed by atoms with Crippen molar-refractivity contribution in [1.29, 1.82) is 0 Å². The van der Waals surface area contributed by atoms with E-state index in [-0.39, 0.29) is 0 Å². The molecule has 1 aromatic carbocycles. The van der Waals surface area contributed by atoms with E-state index in [1.807, 2.05) is 18.2 Å². The first-order chi connectivity index (χ1) is 9.83. The van der Waals surface area contributed by atoms with Crippen molar-refractivity contribution < 1.29 is 9.15 Å². The van der Waals surface area contributed by atoms with Gasteiger partial charge in [0, 0.05) is 39.1 Å². The minimum Gasteiger partial charge on any atom is -0.461 e. The molecule has 1 heterocycles. The second kappa shape index (κ2) is 7.55. The van der Waals surface area contributed by atoms with Gasteiger partial charge in [0.15, 0.2) is 5.96 Å². The van der Waals surface area contributed by atoms with Crippen LogP contribution in [0.5, 0.6) is 0 Å². The Morgan fingerprint density at radius 3 is 2.80 bits per heavy atom. The molecular weight excluding hydrogens is 254 g/mol. The number of fused-ring (bicyclic) bond motifs is 1. The number of rotatable bonds is 6. The number of furan rings is 1. The fourth-order valence-electron chi connectivity index (χ4n) is 1.96. The molecule has 0 unspecified atom stereocenters. The molecule has 0 fully saturated rings. The van der Waals surface area contributed by atoms with Crippen molar-refractivity contribution in [2.45, 2.75) is 6.42 Å². The molecule has 0 atom stereocenters. The fraction of sp³-hybridized carbons (Fsp3) is 0.400. The van der Waals surface area contributed by atoms with Gasteiger partial charge in [0.2, 0.25) is 0 Å². The highest BCUT2D eigenvalue weighted by molar-refractivity contribution is 5.79. The van der Waals surface area contributed by atoms with Gasteiger partial charge in [0.25, 0.3) is 0 Å². The quantitative estimate of drug-likeness (QED) is 0.479. The summed E-state index contributed by atoms with van der Waals surface area (Å²) in [7, 11) is 3.43. The van der Waals surface area contributed by atoms with Crippen LogP contribution >= 0.6 is 0 Å². The Labute approximate surface area is 119 Å². The zero-order chi connectivity index (χ0) is 14.2. The fourth-order valence-corrected chi connectivity index (χ4v) is 1.96. The second-order valence-electron chi connectivity index (χ2n) is 4.42. The van der Waals surface area contributed by atoms with E-state index in [2.05, 4.69) is 27.8 Å². The number of nitrogens with zero attached hydrogens (tertiary/aromatic N) is 1. The number of guanidine groups is 1. The van der Waals surface area contributed by atoms with Crippen LogP contribution in [-0.4, -0.2) is 39.8 Å². The van der Waals surface area contributed by atoms with Crippen LogP contribution in [-0.2, 0) is 11.2 Å². The Balaban J connectivity index is 1.79. The molecule has 0 aliphatic rings. The predicted octanol–water partition coefficient (Wildman–Crippen LogP) is 1.79. The number of aliphatic imine (C=N–C) groups is 1. The van der Waals surface area contributed by atoms with E-state index < -0.39 is 0 Å². The molecule has 1 aromatic heterocycles. The van der Waals surface area contributed by atoms with Crippen LogP contribution < -0.4 is 10.6 Å². The molecule has 2 rings (SSSR count). The monoisotopic (exact) mass is 275 g/mol. The van der Waals surface area contributed by atoms with Crippen molar-refractivity contribution >= 4 is 16.9 Å². The van der Waals surface area contributed by atoms with E-state index in [1.54, 1.807) is 14.2 Å². The van der Waals surface area contributed by atoms with Gasteiger partial charge in [-0.2, -0.15) is 0 Å². The van der Waals surface area contributed by atoms with Crippen LogP contribution in [0.4, 0.5) is 0 Å². The molecule has 5 nitrogen and oxygen atoms in total. The summed E-state index contributed by atoms with van der Waals surface area (Å²) < 4.78 is 10.7. The number of hydrogen-bond acceptors (Lipinski definition) is 3. The molecule has 0 bridgehead atoms. The summed E-state index contributed by atoms with van der Waals surface area (Å²) in [5.74, 6) is 1.75. The number of nitrogens with one attached hydrogen (secondary N) is 2. The summed E-state index contributed by atoms with van der Waals surface area (Å²) in [5, 5.41) is 7.55. The van der Waals surface area contributed by atoms with Crippen molar-refractivity contribution in [2.24, 2.45) is 4.99 Å². The SMILES string of the molecule is CN=C(NCCOC)NCCc1cc2ccccc2o1. The maximum Gasteiger partial charge on any atom is 0.191 e. The maximum absolute atomic E-state index is 5.76. The minimum absolute atomic E-state index is 0.657. The lowest BCUT2D eigenvalue weighted by atomic mass is 10.2. The van der Waals surface area contributed by atoms with Crippen LogP contribution in [0.15, 0.2) is 39.7 Å². The van der Waals surface area contributed by atoms with Crippen molar-refractivity contribution in [2.75, 3.05) is 33.9 Å². The molecule has 0 spiro atoms. The Hall–Kier alpha value is -2.01. The largest absolute Gasteiger partial charge is 0.461 e. The molecule has 108 valence electrons. The lowest BCUT2D eigenvalue weighted by molar-refractivity contribution is 0.203. The van der Waals surface area contributed by atoms with Crippen molar-refractivity contribution in [1.82, 2.24) is 10.6 Å². The van der Waals surface area contributed by atoms with Gasteiger partial charge < -0.3 is 19.8 Å². The number of para-hydroxylation sites is 1. The van der Waals surface area contributed by atoms with E-state index in [1.165, 1.54) is 0 Å². The third-order valence-electron chi connectivity index (χ3n) is 2.96. The molecule has 0 saturated heterocycles. The summed E-state index contributed by atoms with van der Waals surface area (Å²) in [6.45, 7) is 2.16. The first kappa shape index (κ1) is 14.4. The predicted molar refractivity (Wildman–Crippen MR) is 81.2 cm³/mol. The zero-order valence-electron chi connectivity index (χ0n) is 12.0. The Kier molecular flexibility index (Phi) is 5.43. The van der Waals surface area contributed by atoms with Gasteiger partial charge in [0.05, 0.1) is 6.61 Å². The van der Waals surface area contributed by atoms with Gasteiger partial charge in [-0.25, -0.2) is 0 Å². The van der Waals surface area contributed by atoms with Crippen LogP contribution in [0.25, 0.3) is 11.0 Å². The summed E-state index contributed by atoms with van der Waals surface area (Å²) >= 11 is 0. The molecule has 20 heavy (non-hydrogen) atoms. The third kappa shape index (κ3) is 3.99. The van der Waals surface area contributed by atoms with Crippen LogP contribution in [0.1, 0.15) is 5.76 Å². The number of benzene rings is 1. The second-order valence-corrected chi connectivity index (χ2v) is 4.42. The Morgan fingerprint density at radius 2 is 2.05 bits per heavy atom. The van der Waals surface area contributed by atoms with Gasteiger partial charge >= 0.3 is 0 Å². The van der Waals surface area contributed by atoms with Crippen molar-refractivity contribution in [3.05, 3.63) is 36.1 Å². The van der Waals surface area contributed by atoms with Crippen LogP contribution in [0.3, 0.4) is 0 Å². The summed E-state index contributed by atoms with van der Waals surface area (Å²) in [4.78, 5) is 4.14. The maximum atomic E-state index is 5.76. The van der Waals surface area contributed by atoms with Gasteiger partial charge in [-0.3, -0.25) is 4.99 Å². The molecule has 2 N–H and O–H groups in total. The van der Waals surface area contributed by atoms with Crippen molar-refractivity contribution in [3.8, 4) is 0 Å². The molecule has 5 heteroatoms. The van der Waals surface area contributed by atoms with Gasteiger partial charge in [-0.05, 0) is 12.1 Å². The normalized spacial score (nSPS) is 11.8. The highest BCUT2D eigenvalue weighted by Crippen LogP contribution is 2.18. The lowest BCUT2D eigenvalue weighted by Crippen LogP contribution is -2.39. The van der Waals surface area contributed by atoms with Gasteiger partial charge in [0.1, 0.15) is 11.3 Å². The molecule has 0 saturated carbocycles. The number of methoxy groups -OCH3 is 1. The molecule has 2 aromatic rings. The zero-order valence-corrected chi connectivity index (χ0v) is 12.0. The van der Waals surface area contributed by atoms with Gasteiger partial charge in [-0.15, -0.1) is 0 Å². The van der Waals surface area contributed by atoms with E-state index in [0.717, 1.165) is 42.2 Å². The van der Waals surface area contributed by atoms with E-state index in [4.69, 9.17) is 9.15 Å². The first-order valence-electron chi connectivity index (χ1n) is 6.74. The topological polar surface area (TPSA) is 58.8 Å². The smallest absolute Gasteiger partial charge is 0.191 e.